The number of halogens is 3. The van der Waals surface area contributed by atoms with Gasteiger partial charge in [0.2, 0.25) is 0 Å². The number of carbonyl (C=O) groups is 1. The zero-order valence-electron chi connectivity index (χ0n) is 20.6. The van der Waals surface area contributed by atoms with Gasteiger partial charge in [-0.25, -0.2) is 18.2 Å². The summed E-state index contributed by atoms with van der Waals surface area (Å²) in [7, 11) is 0. The van der Waals surface area contributed by atoms with E-state index < -0.39 is 29.5 Å². The van der Waals surface area contributed by atoms with E-state index in [4.69, 9.17) is 0 Å². The van der Waals surface area contributed by atoms with Crippen molar-refractivity contribution in [1.29, 1.82) is 5.26 Å². The van der Waals surface area contributed by atoms with Gasteiger partial charge in [-0.3, -0.25) is 4.79 Å². The van der Waals surface area contributed by atoms with Crippen LogP contribution in [-0.4, -0.2) is 33.1 Å². The Balaban J connectivity index is 0.00000353. The van der Waals surface area contributed by atoms with Crippen molar-refractivity contribution in [1.82, 2.24) is 15.3 Å². The van der Waals surface area contributed by atoms with Gasteiger partial charge in [0.15, 0.2) is 17.7 Å². The second-order valence-corrected chi connectivity index (χ2v) is 9.37. The number of nitrogens with one attached hydrogen (secondary N) is 3. The zero-order chi connectivity index (χ0) is 26.8. The first-order chi connectivity index (χ1) is 18.3. The highest BCUT2D eigenvalue weighted by atomic mass is 32.1. The van der Waals surface area contributed by atoms with Crippen LogP contribution in [0.1, 0.15) is 42.9 Å². The Morgan fingerprint density at radius 3 is 2.59 bits per heavy atom. The quantitative estimate of drug-likeness (QED) is 0.262. The second kappa shape index (κ2) is 11.8. The van der Waals surface area contributed by atoms with Crippen molar-refractivity contribution in [3.05, 3.63) is 83.3 Å². The van der Waals surface area contributed by atoms with Gasteiger partial charge in [0.05, 0.1) is 16.8 Å². The first-order valence-corrected chi connectivity index (χ1v) is 12.2. The van der Waals surface area contributed by atoms with Crippen LogP contribution in [0.5, 0.6) is 0 Å². The van der Waals surface area contributed by atoms with E-state index >= 15 is 0 Å². The molecule has 0 aliphatic heterocycles. The molecule has 5 rings (SSSR count). The van der Waals surface area contributed by atoms with Gasteiger partial charge in [0.25, 0.3) is 5.91 Å². The summed E-state index contributed by atoms with van der Waals surface area (Å²) in [4.78, 5) is 19.7. The molecule has 39 heavy (non-hydrogen) atoms. The average molecular weight is 554 g/mol. The summed E-state index contributed by atoms with van der Waals surface area (Å²) in [5, 5.41) is 26.1. The molecular weight excluding hydrogens is 527 g/mol. The fourth-order valence-electron chi connectivity index (χ4n) is 4.94. The number of amides is 1. The Labute approximate surface area is 229 Å². The molecule has 2 heterocycles. The fraction of sp³-hybridized carbons (Fsp3) is 0.250. The van der Waals surface area contributed by atoms with Gasteiger partial charge in [0, 0.05) is 35.3 Å². The summed E-state index contributed by atoms with van der Waals surface area (Å²) in [6.07, 6.45) is 2.71. The van der Waals surface area contributed by atoms with Crippen LogP contribution in [-0.2, 0) is 4.79 Å². The second-order valence-electron chi connectivity index (χ2n) is 9.37. The van der Waals surface area contributed by atoms with Crippen molar-refractivity contribution < 1.29 is 23.1 Å². The van der Waals surface area contributed by atoms with E-state index in [1.807, 2.05) is 6.07 Å². The summed E-state index contributed by atoms with van der Waals surface area (Å²) in [6.45, 7) is 0. The molecule has 1 aliphatic carbocycles. The highest BCUT2D eigenvalue weighted by molar-refractivity contribution is 7.59. The number of carbonyl (C=O) groups excluding carboxylic acids is 1. The molecular formula is C28H26F3N5O2S. The summed E-state index contributed by atoms with van der Waals surface area (Å²) < 4.78 is 43.1. The maximum absolute atomic E-state index is 14.9. The van der Waals surface area contributed by atoms with E-state index in [-0.39, 0.29) is 59.1 Å². The molecule has 0 radical (unpaired) electrons. The van der Waals surface area contributed by atoms with Crippen molar-refractivity contribution >= 4 is 36.1 Å². The number of nitriles is 1. The highest BCUT2D eigenvalue weighted by Gasteiger charge is 2.27. The summed E-state index contributed by atoms with van der Waals surface area (Å²) in [6, 6.07) is 12.9. The van der Waals surface area contributed by atoms with Crippen LogP contribution in [0.4, 0.5) is 19.0 Å². The fourth-order valence-corrected chi connectivity index (χ4v) is 4.94. The van der Waals surface area contributed by atoms with Crippen LogP contribution in [0, 0.1) is 28.8 Å². The molecule has 0 saturated heterocycles. The maximum atomic E-state index is 14.9. The first-order valence-electron chi connectivity index (χ1n) is 12.2. The number of H-pyrrole nitrogens is 1. The number of pyridine rings is 1. The van der Waals surface area contributed by atoms with E-state index in [2.05, 4.69) is 20.6 Å². The van der Waals surface area contributed by atoms with Crippen molar-refractivity contribution in [2.75, 3.05) is 5.32 Å². The number of aliphatic hydroxyl groups is 1. The summed E-state index contributed by atoms with van der Waals surface area (Å²) in [5.74, 6) is -2.94. The number of hydrogen-bond donors (Lipinski definition) is 4. The number of aromatic amines is 1. The number of rotatable bonds is 6. The van der Waals surface area contributed by atoms with E-state index in [1.165, 1.54) is 6.20 Å². The lowest BCUT2D eigenvalue weighted by Gasteiger charge is -2.31. The number of benzene rings is 2. The molecule has 1 aliphatic rings. The third-order valence-corrected chi connectivity index (χ3v) is 6.78. The van der Waals surface area contributed by atoms with Crippen molar-refractivity contribution in [3.8, 4) is 17.3 Å². The van der Waals surface area contributed by atoms with Gasteiger partial charge in [-0.2, -0.15) is 18.8 Å². The molecule has 2 aromatic heterocycles. The number of nitrogens with zero attached hydrogens (tertiary/aromatic N) is 2. The minimum Gasteiger partial charge on any atom is -0.378 e. The molecule has 11 heteroatoms. The Kier molecular flexibility index (Phi) is 8.47. The number of aliphatic hydroxyl groups excluding tert-OH is 1. The molecule has 1 amide bonds. The Morgan fingerprint density at radius 2 is 1.85 bits per heavy atom. The van der Waals surface area contributed by atoms with Gasteiger partial charge in [-0.05, 0) is 43.4 Å². The molecule has 1 saturated carbocycles. The molecule has 7 nitrogen and oxygen atoms in total. The van der Waals surface area contributed by atoms with Crippen molar-refractivity contribution in [2.24, 2.45) is 0 Å². The van der Waals surface area contributed by atoms with E-state index in [1.54, 1.807) is 30.3 Å². The third-order valence-electron chi connectivity index (χ3n) is 6.78. The van der Waals surface area contributed by atoms with Crippen molar-refractivity contribution in [3.63, 3.8) is 0 Å². The predicted octanol–water partition coefficient (Wildman–Crippen LogP) is 5.20. The number of aromatic nitrogens is 2. The summed E-state index contributed by atoms with van der Waals surface area (Å²) in [5.41, 5.74) is 0.807. The van der Waals surface area contributed by atoms with Gasteiger partial charge in [0.1, 0.15) is 17.7 Å². The van der Waals surface area contributed by atoms with Crippen molar-refractivity contribution in [2.45, 2.75) is 43.9 Å². The Hall–Kier alpha value is -4.01. The van der Waals surface area contributed by atoms with Crippen LogP contribution < -0.4 is 10.6 Å². The third kappa shape index (κ3) is 5.87. The van der Waals surface area contributed by atoms with E-state index in [0.29, 0.717) is 24.8 Å². The molecule has 202 valence electrons. The summed E-state index contributed by atoms with van der Waals surface area (Å²) >= 11 is 0. The molecule has 0 unspecified atom stereocenters. The normalized spacial score (nSPS) is 17.6. The predicted molar refractivity (Wildman–Crippen MR) is 146 cm³/mol. The topological polar surface area (TPSA) is 114 Å². The smallest absolute Gasteiger partial charge is 0.253 e. The van der Waals surface area contributed by atoms with Gasteiger partial charge in [-0.15, -0.1) is 0 Å². The first kappa shape index (κ1) is 28.0. The Bertz CT molecular complexity index is 1540. The maximum Gasteiger partial charge on any atom is 0.253 e. The lowest BCUT2D eigenvalue weighted by atomic mass is 9.90. The van der Waals surface area contributed by atoms with Gasteiger partial charge in [-0.1, -0.05) is 30.3 Å². The molecule has 4 aromatic rings. The van der Waals surface area contributed by atoms with Crippen LogP contribution in [0.3, 0.4) is 0 Å². The highest BCUT2D eigenvalue weighted by Crippen LogP contribution is 2.34. The number of hydrogen-bond acceptors (Lipinski definition) is 5. The largest absolute Gasteiger partial charge is 0.378 e. The standard InChI is InChI=1S/C28H24F3N5O2.H2S/c29-17-10-20-21(14-33-25(20)22(30)11-17)24-16(13-32)9-23(31)27(36-24)34-18-7-4-8-19(12-18)35-28(38)26(37)15-5-2-1-3-6-15;/h1-3,5-6,9-11,14,18-19,26,33,37H,4,7-8,12H2,(H,34,36)(H,35,38);1H2/t18-,19+,26-;/m0./s1. The Morgan fingerprint density at radius 1 is 1.10 bits per heavy atom. The zero-order valence-corrected chi connectivity index (χ0v) is 21.6. The molecule has 3 atom stereocenters. The number of anilines is 1. The van der Waals surface area contributed by atoms with Crippen LogP contribution in [0.25, 0.3) is 22.2 Å². The average Bonchev–Trinajstić information content (AvgIpc) is 3.34. The minimum absolute atomic E-state index is 0. The van der Waals surface area contributed by atoms with Gasteiger partial charge >= 0.3 is 0 Å². The van der Waals surface area contributed by atoms with Crippen LogP contribution in [0.15, 0.2) is 54.7 Å². The van der Waals surface area contributed by atoms with E-state index in [0.717, 1.165) is 24.6 Å². The molecule has 1 fully saturated rings. The molecule has 0 spiro atoms. The molecule has 2 aromatic carbocycles. The lowest BCUT2D eigenvalue weighted by Crippen LogP contribution is -2.43. The van der Waals surface area contributed by atoms with Crippen LogP contribution >= 0.6 is 13.5 Å². The monoisotopic (exact) mass is 553 g/mol. The number of fused-ring (bicyclic) bond motifs is 1. The lowest BCUT2D eigenvalue weighted by molar-refractivity contribution is -0.130. The molecule has 4 N–H and O–H groups in total. The minimum atomic E-state index is -1.30. The van der Waals surface area contributed by atoms with Crippen LogP contribution in [0.2, 0.25) is 0 Å². The van der Waals surface area contributed by atoms with Gasteiger partial charge < -0.3 is 20.7 Å². The SMILES string of the molecule is N#Cc1cc(F)c(N[C@H]2CCC[C@@H](NC(=O)[C@@H](O)c3ccccc3)C2)nc1-c1c[nH]c2c(F)cc(F)cc12.S. The molecule has 0 bridgehead atoms. The van der Waals surface area contributed by atoms with E-state index in [9.17, 15) is 28.3 Å².